The highest BCUT2D eigenvalue weighted by molar-refractivity contribution is 14.1. The van der Waals surface area contributed by atoms with E-state index in [1.165, 1.54) is 18.2 Å². The van der Waals surface area contributed by atoms with Crippen molar-refractivity contribution in [3.05, 3.63) is 74.7 Å². The van der Waals surface area contributed by atoms with Gasteiger partial charge in [0.05, 0.1) is 5.52 Å². The van der Waals surface area contributed by atoms with Crippen LogP contribution in [0.3, 0.4) is 0 Å². The first-order valence-corrected chi connectivity index (χ1v) is 7.49. The molecule has 0 saturated heterocycles. The molecule has 0 amide bonds. The van der Waals surface area contributed by atoms with E-state index in [2.05, 4.69) is 4.98 Å². The largest absolute Gasteiger partial charge is 0.289 e. The molecule has 1 heterocycles. The van der Waals surface area contributed by atoms with E-state index >= 15 is 0 Å². The summed E-state index contributed by atoms with van der Waals surface area (Å²) in [6, 6.07) is 13.5. The first-order valence-electron chi connectivity index (χ1n) is 6.42. The van der Waals surface area contributed by atoms with Crippen LogP contribution in [0.5, 0.6) is 0 Å². The van der Waals surface area contributed by atoms with Gasteiger partial charge in [-0.25, -0.2) is 4.39 Å². The molecule has 0 unspecified atom stereocenters. The third-order valence-electron chi connectivity index (χ3n) is 3.27. The topological polar surface area (TPSA) is 30.0 Å². The van der Waals surface area contributed by atoms with Crippen LogP contribution in [-0.4, -0.2) is 10.8 Å². The number of pyridine rings is 1. The molecular formula is C17H11FINO. The van der Waals surface area contributed by atoms with E-state index in [-0.39, 0.29) is 11.6 Å². The van der Waals surface area contributed by atoms with Gasteiger partial charge in [0.15, 0.2) is 5.78 Å². The summed E-state index contributed by atoms with van der Waals surface area (Å²) in [6.45, 7) is 1.93. The number of aromatic nitrogens is 1. The Hall–Kier alpha value is -1.82. The van der Waals surface area contributed by atoms with Gasteiger partial charge in [0.2, 0.25) is 0 Å². The molecule has 0 fully saturated rings. The van der Waals surface area contributed by atoms with Crippen LogP contribution in [0.2, 0.25) is 0 Å². The van der Waals surface area contributed by atoms with E-state index in [9.17, 15) is 9.18 Å². The van der Waals surface area contributed by atoms with Gasteiger partial charge in [0.1, 0.15) is 5.82 Å². The molecule has 1 aromatic heterocycles. The number of halogens is 2. The molecule has 0 spiro atoms. The summed E-state index contributed by atoms with van der Waals surface area (Å²) in [5, 5.41) is 0.920. The molecule has 2 nitrogen and oxygen atoms in total. The van der Waals surface area contributed by atoms with Gasteiger partial charge >= 0.3 is 0 Å². The van der Waals surface area contributed by atoms with Crippen LogP contribution in [0, 0.1) is 16.3 Å². The predicted molar refractivity (Wildman–Crippen MR) is 89.0 cm³/mol. The van der Waals surface area contributed by atoms with Crippen molar-refractivity contribution in [1.82, 2.24) is 4.98 Å². The summed E-state index contributed by atoms with van der Waals surface area (Å²) in [6.07, 6.45) is 0. The van der Waals surface area contributed by atoms with E-state index in [0.717, 1.165) is 16.6 Å². The van der Waals surface area contributed by atoms with Crippen molar-refractivity contribution in [2.45, 2.75) is 6.92 Å². The molecule has 0 aliphatic rings. The van der Waals surface area contributed by atoms with Crippen molar-refractivity contribution in [3.63, 3.8) is 0 Å². The van der Waals surface area contributed by atoms with Gasteiger partial charge in [-0.2, -0.15) is 0 Å². The van der Waals surface area contributed by atoms with E-state index in [1.54, 1.807) is 6.07 Å². The summed E-state index contributed by atoms with van der Waals surface area (Å²) in [7, 11) is 0. The number of hydrogen-bond donors (Lipinski definition) is 0. The molecule has 2 aromatic carbocycles. The van der Waals surface area contributed by atoms with Gasteiger partial charge in [-0.1, -0.05) is 6.07 Å². The Balaban J connectivity index is 2.07. The quantitative estimate of drug-likeness (QED) is 0.475. The van der Waals surface area contributed by atoms with Crippen molar-refractivity contribution in [3.8, 4) is 0 Å². The smallest absolute Gasteiger partial charge is 0.194 e. The fourth-order valence-electron chi connectivity index (χ4n) is 2.20. The summed E-state index contributed by atoms with van der Waals surface area (Å²) in [4.78, 5) is 17.0. The average Bonchev–Trinajstić information content (AvgIpc) is 2.46. The number of benzene rings is 2. The third kappa shape index (κ3) is 2.81. The molecule has 21 heavy (non-hydrogen) atoms. The lowest BCUT2D eigenvalue weighted by Crippen LogP contribution is -2.04. The summed E-state index contributed by atoms with van der Waals surface area (Å²) < 4.78 is 13.7. The highest BCUT2D eigenvalue weighted by atomic mass is 127. The Morgan fingerprint density at radius 2 is 1.90 bits per heavy atom. The van der Waals surface area contributed by atoms with Crippen molar-refractivity contribution in [1.29, 1.82) is 0 Å². The Kier molecular flexibility index (Phi) is 3.71. The zero-order chi connectivity index (χ0) is 15.0. The van der Waals surface area contributed by atoms with Gasteiger partial charge in [-0.15, -0.1) is 0 Å². The molecule has 0 bridgehead atoms. The molecule has 4 heteroatoms. The van der Waals surface area contributed by atoms with Crippen LogP contribution in [0.4, 0.5) is 4.39 Å². The van der Waals surface area contributed by atoms with Gasteiger partial charge < -0.3 is 0 Å². The number of hydrogen-bond acceptors (Lipinski definition) is 2. The van der Waals surface area contributed by atoms with E-state index in [4.69, 9.17) is 0 Å². The van der Waals surface area contributed by atoms with E-state index < -0.39 is 0 Å². The second kappa shape index (κ2) is 5.52. The molecule has 0 N–H and O–H groups in total. The number of rotatable bonds is 2. The molecule has 0 aliphatic carbocycles. The fraction of sp³-hybridized carbons (Fsp3) is 0.0588. The number of ketones is 1. The van der Waals surface area contributed by atoms with Crippen LogP contribution in [-0.2, 0) is 0 Å². The van der Waals surface area contributed by atoms with Gasteiger partial charge in [0, 0.05) is 25.8 Å². The summed E-state index contributed by atoms with van der Waals surface area (Å²) >= 11 is 1.98. The number of nitrogens with zero attached hydrogens (tertiary/aromatic N) is 1. The van der Waals surface area contributed by atoms with Crippen molar-refractivity contribution < 1.29 is 9.18 Å². The maximum absolute atomic E-state index is 13.1. The molecule has 0 aliphatic heterocycles. The maximum atomic E-state index is 13.1. The first-order chi connectivity index (χ1) is 10.0. The Labute approximate surface area is 135 Å². The van der Waals surface area contributed by atoms with E-state index in [0.29, 0.717) is 14.7 Å². The zero-order valence-corrected chi connectivity index (χ0v) is 13.4. The number of aryl methyl sites for hydroxylation is 1. The van der Waals surface area contributed by atoms with Crippen molar-refractivity contribution in [2.24, 2.45) is 0 Å². The molecule has 3 rings (SSSR count). The van der Waals surface area contributed by atoms with Crippen LogP contribution in [0.25, 0.3) is 10.9 Å². The van der Waals surface area contributed by atoms with E-state index in [1.807, 2.05) is 53.8 Å². The van der Waals surface area contributed by atoms with Crippen LogP contribution < -0.4 is 0 Å². The minimum absolute atomic E-state index is 0.109. The normalized spacial score (nSPS) is 10.8. The summed E-state index contributed by atoms with van der Waals surface area (Å²) in [5.41, 5.74) is 2.89. The lowest BCUT2D eigenvalue weighted by atomic mass is 10.0. The fourth-order valence-corrected chi connectivity index (χ4v) is 2.92. The highest BCUT2D eigenvalue weighted by Gasteiger charge is 2.13. The molecule has 3 aromatic rings. The number of fused-ring (bicyclic) bond motifs is 1. The lowest BCUT2D eigenvalue weighted by molar-refractivity contribution is 0.103. The maximum Gasteiger partial charge on any atom is 0.194 e. The third-order valence-corrected chi connectivity index (χ3v) is 4.16. The van der Waals surface area contributed by atoms with Gasteiger partial charge in [0.25, 0.3) is 0 Å². The monoisotopic (exact) mass is 391 g/mol. The molecule has 104 valence electrons. The van der Waals surface area contributed by atoms with Crippen LogP contribution in [0.1, 0.15) is 21.6 Å². The lowest BCUT2D eigenvalue weighted by Gasteiger charge is -2.06. The standard InChI is InChI=1S/C17H11FINO/c1-10-2-3-11-8-12(4-7-16(11)20-10)17(21)14-6-5-13(18)9-15(14)19/h2-9H,1H3. The minimum atomic E-state index is -0.339. The number of carbonyl (C=O) groups excluding carboxylic acids is 1. The molecule has 0 radical (unpaired) electrons. The highest BCUT2D eigenvalue weighted by Crippen LogP contribution is 2.21. The van der Waals surface area contributed by atoms with Gasteiger partial charge in [-0.05, 0) is 72.0 Å². The molecule has 0 saturated carbocycles. The Bertz CT molecular complexity index is 861. The molecule has 0 atom stereocenters. The first kappa shape index (κ1) is 14.1. The molecular weight excluding hydrogens is 380 g/mol. The predicted octanol–water partition coefficient (Wildman–Crippen LogP) is 4.52. The zero-order valence-electron chi connectivity index (χ0n) is 11.2. The van der Waals surface area contributed by atoms with Crippen molar-refractivity contribution >= 4 is 39.3 Å². The average molecular weight is 391 g/mol. The van der Waals surface area contributed by atoms with Crippen LogP contribution >= 0.6 is 22.6 Å². The van der Waals surface area contributed by atoms with Gasteiger partial charge in [-0.3, -0.25) is 9.78 Å². The second-order valence-corrected chi connectivity index (χ2v) is 5.98. The Morgan fingerprint density at radius 1 is 1.10 bits per heavy atom. The van der Waals surface area contributed by atoms with Crippen molar-refractivity contribution in [2.75, 3.05) is 0 Å². The summed E-state index contributed by atoms with van der Waals surface area (Å²) in [5.74, 6) is -0.448. The SMILES string of the molecule is Cc1ccc2cc(C(=O)c3ccc(F)cc3I)ccc2n1. The second-order valence-electron chi connectivity index (χ2n) is 4.81. The Morgan fingerprint density at radius 3 is 2.67 bits per heavy atom. The minimum Gasteiger partial charge on any atom is -0.289 e. The number of carbonyl (C=O) groups is 1. The van der Waals surface area contributed by atoms with Crippen LogP contribution in [0.15, 0.2) is 48.5 Å².